The number of rotatable bonds is 7. The number of anilines is 2. The van der Waals surface area contributed by atoms with E-state index in [1.165, 1.54) is 0 Å². The minimum Gasteiger partial charge on any atom is -0.376 e. The van der Waals surface area contributed by atoms with Crippen molar-refractivity contribution in [3.63, 3.8) is 0 Å². The summed E-state index contributed by atoms with van der Waals surface area (Å²) in [5.74, 6) is -0.0798. The number of aryl methyl sites for hydroxylation is 1. The Morgan fingerprint density at radius 2 is 2.11 bits per heavy atom. The van der Waals surface area contributed by atoms with E-state index in [0.29, 0.717) is 5.11 Å². The molecule has 2 fully saturated rings. The molecule has 36 heavy (non-hydrogen) atoms. The molecule has 2 N–H and O–H groups in total. The van der Waals surface area contributed by atoms with E-state index in [1.807, 2.05) is 57.3 Å². The molecule has 2 aliphatic heterocycles. The van der Waals surface area contributed by atoms with Crippen molar-refractivity contribution < 1.29 is 9.53 Å². The van der Waals surface area contributed by atoms with E-state index in [0.717, 1.165) is 54.3 Å². The molecular weight excluding hydrogens is 470 g/mol. The van der Waals surface area contributed by atoms with Crippen LogP contribution in [-0.4, -0.2) is 33.3 Å². The van der Waals surface area contributed by atoms with Gasteiger partial charge < -0.3 is 24.8 Å². The zero-order valence-corrected chi connectivity index (χ0v) is 21.8. The zero-order valence-electron chi connectivity index (χ0n) is 21.0. The summed E-state index contributed by atoms with van der Waals surface area (Å²) in [6.45, 7) is 7.44. The molecular formula is C28H33N5O2S. The second-order valence-electron chi connectivity index (χ2n) is 9.86. The molecule has 5 rings (SSSR count). The summed E-state index contributed by atoms with van der Waals surface area (Å²) in [7, 11) is 0. The minimum atomic E-state index is -0.113. The Bertz CT molecular complexity index is 1240. The monoisotopic (exact) mass is 503 g/mol. The molecule has 8 heteroatoms. The fraction of sp³-hybridized carbons (Fsp3) is 0.393. The van der Waals surface area contributed by atoms with Crippen molar-refractivity contribution in [2.24, 2.45) is 5.92 Å². The van der Waals surface area contributed by atoms with Crippen LogP contribution in [0.4, 0.5) is 11.4 Å². The number of carbonyl (C=O) groups is 1. The van der Waals surface area contributed by atoms with Crippen molar-refractivity contribution >= 4 is 34.6 Å². The predicted molar refractivity (Wildman–Crippen MR) is 146 cm³/mol. The first-order chi connectivity index (χ1) is 17.4. The largest absolute Gasteiger partial charge is 0.376 e. The molecule has 7 nitrogen and oxygen atoms in total. The molecule has 3 unspecified atom stereocenters. The number of thiocarbonyl (C=S) groups is 1. The van der Waals surface area contributed by atoms with Gasteiger partial charge in [0.15, 0.2) is 5.11 Å². The van der Waals surface area contributed by atoms with Crippen LogP contribution in [-0.2, 0) is 16.1 Å². The maximum atomic E-state index is 12.3. The molecule has 2 aliphatic rings. The van der Waals surface area contributed by atoms with Gasteiger partial charge in [0.1, 0.15) is 6.04 Å². The van der Waals surface area contributed by atoms with Crippen LogP contribution < -0.4 is 15.5 Å². The van der Waals surface area contributed by atoms with Crippen LogP contribution in [0, 0.1) is 12.8 Å². The Labute approximate surface area is 217 Å². The highest BCUT2D eigenvalue weighted by Crippen LogP contribution is 2.42. The standard InChI is InChI=1S/C28H33N5O2S/c1-18(2)27(34)30-22-12-11-20(16-19(22)3)33-26(25(31-28(33)36)23-9-4-5-13-29-23)24-10-6-14-32(24)17-21-8-7-15-35-21/h4-6,9-14,16,18,21,25-26H,7-8,15,17H2,1-3H3,(H,30,34)(H,31,36). The van der Waals surface area contributed by atoms with Crippen LogP contribution in [0.1, 0.15) is 55.7 Å². The number of pyridine rings is 1. The fourth-order valence-corrected chi connectivity index (χ4v) is 5.36. The van der Waals surface area contributed by atoms with Gasteiger partial charge in [-0.15, -0.1) is 0 Å². The van der Waals surface area contributed by atoms with Gasteiger partial charge >= 0.3 is 0 Å². The Morgan fingerprint density at radius 3 is 2.81 bits per heavy atom. The zero-order chi connectivity index (χ0) is 25.2. The SMILES string of the molecule is Cc1cc(N2C(=S)NC(c3ccccn3)C2c2cccn2CC2CCCO2)ccc1NC(=O)C(C)C. The van der Waals surface area contributed by atoms with E-state index in [9.17, 15) is 4.79 Å². The highest BCUT2D eigenvalue weighted by Gasteiger charge is 2.42. The molecule has 3 atom stereocenters. The number of carbonyl (C=O) groups excluding carboxylic acids is 1. The van der Waals surface area contributed by atoms with Crippen molar-refractivity contribution in [3.05, 3.63) is 77.9 Å². The molecule has 0 saturated carbocycles. The Hall–Kier alpha value is -3.23. The average molecular weight is 504 g/mol. The van der Waals surface area contributed by atoms with Crippen molar-refractivity contribution in [2.45, 2.75) is 58.3 Å². The van der Waals surface area contributed by atoms with Crippen LogP contribution in [0.25, 0.3) is 0 Å². The van der Waals surface area contributed by atoms with Gasteiger partial charge in [0.25, 0.3) is 0 Å². The summed E-state index contributed by atoms with van der Waals surface area (Å²) in [6, 6.07) is 16.1. The quantitative estimate of drug-likeness (QED) is 0.435. The first-order valence-electron chi connectivity index (χ1n) is 12.6. The topological polar surface area (TPSA) is 71.4 Å². The molecule has 0 spiro atoms. The van der Waals surface area contributed by atoms with E-state index in [-0.39, 0.29) is 30.0 Å². The number of ether oxygens (including phenoxy) is 1. The highest BCUT2D eigenvalue weighted by molar-refractivity contribution is 7.80. The molecule has 2 aromatic heterocycles. The van der Waals surface area contributed by atoms with Crippen molar-refractivity contribution in [1.29, 1.82) is 0 Å². The summed E-state index contributed by atoms with van der Waals surface area (Å²) in [4.78, 5) is 19.1. The van der Waals surface area contributed by atoms with Crippen molar-refractivity contribution in [1.82, 2.24) is 14.9 Å². The molecule has 2 saturated heterocycles. The van der Waals surface area contributed by atoms with Gasteiger partial charge in [-0.2, -0.15) is 0 Å². The normalized spacial score (nSPS) is 21.7. The lowest BCUT2D eigenvalue weighted by molar-refractivity contribution is -0.118. The maximum absolute atomic E-state index is 12.3. The lowest BCUT2D eigenvalue weighted by Crippen LogP contribution is -2.31. The van der Waals surface area contributed by atoms with Crippen LogP contribution in [0.5, 0.6) is 0 Å². The number of hydrogen-bond donors (Lipinski definition) is 2. The molecule has 0 radical (unpaired) electrons. The lowest BCUT2D eigenvalue weighted by atomic mass is 10.00. The third-order valence-corrected chi connectivity index (χ3v) is 7.28. The van der Waals surface area contributed by atoms with E-state index in [1.54, 1.807) is 0 Å². The van der Waals surface area contributed by atoms with E-state index in [2.05, 4.69) is 49.5 Å². The summed E-state index contributed by atoms with van der Waals surface area (Å²) in [6.07, 6.45) is 6.36. The summed E-state index contributed by atoms with van der Waals surface area (Å²) < 4.78 is 8.24. The number of aromatic nitrogens is 2. The summed E-state index contributed by atoms with van der Waals surface area (Å²) in [5.41, 5.74) is 4.87. The van der Waals surface area contributed by atoms with Crippen molar-refractivity contribution in [3.8, 4) is 0 Å². The number of hydrogen-bond acceptors (Lipinski definition) is 4. The van der Waals surface area contributed by atoms with E-state index >= 15 is 0 Å². The number of benzene rings is 1. The lowest BCUT2D eigenvalue weighted by Gasteiger charge is -2.30. The van der Waals surface area contributed by atoms with Gasteiger partial charge in [0.2, 0.25) is 5.91 Å². The number of nitrogens with zero attached hydrogens (tertiary/aromatic N) is 3. The van der Waals surface area contributed by atoms with Gasteiger partial charge in [0.05, 0.1) is 17.8 Å². The van der Waals surface area contributed by atoms with Crippen LogP contribution in [0.3, 0.4) is 0 Å². The molecule has 4 heterocycles. The highest BCUT2D eigenvalue weighted by atomic mass is 32.1. The number of nitrogens with one attached hydrogen (secondary N) is 2. The van der Waals surface area contributed by atoms with Gasteiger partial charge in [0, 0.05) is 48.5 Å². The molecule has 3 aromatic rings. The third kappa shape index (κ3) is 4.88. The van der Waals surface area contributed by atoms with E-state index < -0.39 is 0 Å². The molecule has 0 bridgehead atoms. The fourth-order valence-electron chi connectivity index (χ4n) is 5.02. The first kappa shape index (κ1) is 24.5. The third-order valence-electron chi connectivity index (χ3n) is 6.96. The Morgan fingerprint density at radius 1 is 1.25 bits per heavy atom. The van der Waals surface area contributed by atoms with Gasteiger partial charge in [-0.3, -0.25) is 9.78 Å². The number of amides is 1. The first-order valence-corrected chi connectivity index (χ1v) is 13.0. The average Bonchev–Trinajstić information content (AvgIpc) is 3.61. The second kappa shape index (κ2) is 10.4. The van der Waals surface area contributed by atoms with Crippen LogP contribution in [0.2, 0.25) is 0 Å². The smallest absolute Gasteiger partial charge is 0.226 e. The van der Waals surface area contributed by atoms with Gasteiger partial charge in [-0.05, 0) is 80.0 Å². The molecule has 1 aromatic carbocycles. The minimum absolute atomic E-state index is 0.00395. The Balaban J connectivity index is 1.53. The molecule has 0 aliphatic carbocycles. The second-order valence-corrected chi connectivity index (χ2v) is 10.2. The van der Waals surface area contributed by atoms with E-state index in [4.69, 9.17) is 17.0 Å². The maximum Gasteiger partial charge on any atom is 0.226 e. The molecule has 188 valence electrons. The van der Waals surface area contributed by atoms with Crippen LogP contribution >= 0.6 is 12.2 Å². The van der Waals surface area contributed by atoms with Crippen LogP contribution in [0.15, 0.2) is 60.9 Å². The Kier molecular flexibility index (Phi) is 7.07. The summed E-state index contributed by atoms with van der Waals surface area (Å²) >= 11 is 5.90. The van der Waals surface area contributed by atoms with Crippen molar-refractivity contribution in [2.75, 3.05) is 16.8 Å². The summed E-state index contributed by atoms with van der Waals surface area (Å²) in [5, 5.41) is 7.22. The van der Waals surface area contributed by atoms with Gasteiger partial charge in [-0.1, -0.05) is 19.9 Å². The van der Waals surface area contributed by atoms with Gasteiger partial charge in [-0.25, -0.2) is 0 Å². The molecule has 1 amide bonds. The predicted octanol–water partition coefficient (Wildman–Crippen LogP) is 5.14.